The number of halogens is 2. The minimum atomic E-state index is -0.175. The van der Waals surface area contributed by atoms with Crippen LogP contribution in [0.5, 0.6) is 0 Å². The summed E-state index contributed by atoms with van der Waals surface area (Å²) in [5.74, 6) is 0.912. The first-order valence-electron chi connectivity index (χ1n) is 9.84. The molecule has 4 rings (SSSR count). The Bertz CT molecular complexity index is 1050. The third-order valence-corrected chi connectivity index (χ3v) is 6.67. The van der Waals surface area contributed by atoms with Crippen molar-refractivity contribution < 1.29 is 4.79 Å². The molecule has 9 heteroatoms. The van der Waals surface area contributed by atoms with Gasteiger partial charge < -0.3 is 15.1 Å². The lowest BCUT2D eigenvalue weighted by Gasteiger charge is -2.36. The summed E-state index contributed by atoms with van der Waals surface area (Å²) in [6.45, 7) is 3.62. The highest BCUT2D eigenvalue weighted by molar-refractivity contribution is 7.99. The number of amides is 1. The van der Waals surface area contributed by atoms with Crippen molar-refractivity contribution in [3.63, 3.8) is 0 Å². The van der Waals surface area contributed by atoms with Crippen molar-refractivity contribution in [2.45, 2.75) is 5.03 Å². The first kappa shape index (κ1) is 21.7. The largest absolute Gasteiger partial charge is 0.368 e. The van der Waals surface area contributed by atoms with Crippen molar-refractivity contribution in [3.05, 3.63) is 71.0 Å². The standard InChI is InChI=1S/C22H21Cl2N5OS/c23-17-7-4-8-18(22(17)24)27-20(30)14-31-21-13-19(25-15-26-21)29-11-9-28(10-12-29)16-5-2-1-3-6-16/h1-8,13,15H,9-12,14H2,(H,27,30). The fraction of sp³-hybridized carbons (Fsp3) is 0.227. The third kappa shape index (κ3) is 5.61. The van der Waals surface area contributed by atoms with Gasteiger partial charge in [0.05, 0.1) is 21.5 Å². The zero-order valence-electron chi connectivity index (χ0n) is 16.7. The molecule has 2 aromatic carbocycles. The predicted molar refractivity (Wildman–Crippen MR) is 129 cm³/mol. The molecule has 2 heterocycles. The summed E-state index contributed by atoms with van der Waals surface area (Å²) in [5.41, 5.74) is 1.74. The maximum atomic E-state index is 12.3. The minimum Gasteiger partial charge on any atom is -0.368 e. The third-order valence-electron chi connectivity index (χ3n) is 4.93. The summed E-state index contributed by atoms with van der Waals surface area (Å²) >= 11 is 13.5. The van der Waals surface area contributed by atoms with Crippen molar-refractivity contribution in [1.82, 2.24) is 9.97 Å². The number of rotatable bonds is 6. The van der Waals surface area contributed by atoms with Gasteiger partial charge in [0.15, 0.2) is 0 Å². The number of hydrogen-bond acceptors (Lipinski definition) is 6. The van der Waals surface area contributed by atoms with E-state index in [0.717, 1.165) is 37.0 Å². The molecule has 160 valence electrons. The molecule has 1 N–H and O–H groups in total. The fourth-order valence-corrected chi connectivity index (χ4v) is 4.35. The molecular weight excluding hydrogens is 453 g/mol. The predicted octanol–water partition coefficient (Wildman–Crippen LogP) is 4.84. The van der Waals surface area contributed by atoms with Gasteiger partial charge in [-0.05, 0) is 24.3 Å². The second kappa shape index (κ2) is 10.2. The Morgan fingerprint density at radius 1 is 0.968 bits per heavy atom. The molecule has 0 aliphatic carbocycles. The quantitative estimate of drug-likeness (QED) is 0.408. The molecule has 1 fully saturated rings. The molecule has 1 saturated heterocycles. The van der Waals surface area contributed by atoms with E-state index in [4.69, 9.17) is 23.2 Å². The van der Waals surface area contributed by atoms with E-state index in [2.05, 4.69) is 49.4 Å². The SMILES string of the molecule is O=C(CSc1cc(N2CCN(c3ccccc3)CC2)ncn1)Nc1cccc(Cl)c1Cl. The van der Waals surface area contributed by atoms with Gasteiger partial charge in [-0.3, -0.25) is 4.79 Å². The van der Waals surface area contributed by atoms with Gasteiger partial charge in [-0.2, -0.15) is 0 Å². The molecular formula is C22H21Cl2N5OS. The van der Waals surface area contributed by atoms with E-state index in [-0.39, 0.29) is 11.7 Å². The lowest BCUT2D eigenvalue weighted by molar-refractivity contribution is -0.113. The zero-order valence-corrected chi connectivity index (χ0v) is 19.0. The van der Waals surface area contributed by atoms with Crippen molar-refractivity contribution in [2.24, 2.45) is 0 Å². The van der Waals surface area contributed by atoms with Crippen LogP contribution in [0.2, 0.25) is 10.0 Å². The van der Waals surface area contributed by atoms with Crippen LogP contribution in [0.1, 0.15) is 0 Å². The van der Waals surface area contributed by atoms with Gasteiger partial charge in [-0.25, -0.2) is 9.97 Å². The van der Waals surface area contributed by atoms with E-state index in [1.54, 1.807) is 24.5 Å². The number of para-hydroxylation sites is 1. The van der Waals surface area contributed by atoms with Crippen LogP contribution in [0, 0.1) is 0 Å². The van der Waals surface area contributed by atoms with Crippen LogP contribution < -0.4 is 15.1 Å². The highest BCUT2D eigenvalue weighted by atomic mass is 35.5. The van der Waals surface area contributed by atoms with Gasteiger partial charge in [-0.15, -0.1) is 0 Å². The number of aromatic nitrogens is 2. The summed E-state index contributed by atoms with van der Waals surface area (Å²) in [5, 5.41) is 4.27. The molecule has 1 aliphatic heterocycles. The van der Waals surface area contributed by atoms with Crippen LogP contribution in [0.15, 0.2) is 66.0 Å². The highest BCUT2D eigenvalue weighted by Crippen LogP contribution is 2.30. The average molecular weight is 474 g/mol. The topological polar surface area (TPSA) is 61.4 Å². The Kier molecular flexibility index (Phi) is 7.17. The molecule has 0 radical (unpaired) electrons. The molecule has 0 spiro atoms. The Balaban J connectivity index is 1.31. The van der Waals surface area contributed by atoms with E-state index in [1.165, 1.54) is 17.4 Å². The fourth-order valence-electron chi connectivity index (χ4n) is 3.34. The van der Waals surface area contributed by atoms with Crippen LogP contribution in [0.3, 0.4) is 0 Å². The van der Waals surface area contributed by atoms with Crippen molar-refractivity contribution in [3.8, 4) is 0 Å². The molecule has 0 atom stereocenters. The van der Waals surface area contributed by atoms with E-state index in [0.29, 0.717) is 15.7 Å². The number of nitrogens with one attached hydrogen (secondary N) is 1. The normalized spacial score (nSPS) is 13.9. The van der Waals surface area contributed by atoms with Gasteiger partial charge in [0.25, 0.3) is 0 Å². The van der Waals surface area contributed by atoms with Gasteiger partial charge in [0.2, 0.25) is 5.91 Å². The summed E-state index contributed by atoms with van der Waals surface area (Å²) in [6.07, 6.45) is 1.55. The number of nitrogens with zero attached hydrogens (tertiary/aromatic N) is 4. The number of carbonyl (C=O) groups excluding carboxylic acids is 1. The maximum Gasteiger partial charge on any atom is 0.234 e. The van der Waals surface area contributed by atoms with Gasteiger partial charge in [0, 0.05) is 37.9 Å². The van der Waals surface area contributed by atoms with Crippen LogP contribution in [-0.2, 0) is 4.79 Å². The van der Waals surface area contributed by atoms with Crippen LogP contribution >= 0.6 is 35.0 Å². The average Bonchev–Trinajstić information content (AvgIpc) is 2.82. The molecule has 0 unspecified atom stereocenters. The Morgan fingerprint density at radius 3 is 2.48 bits per heavy atom. The molecule has 0 bridgehead atoms. The van der Waals surface area contributed by atoms with Crippen LogP contribution in [0.25, 0.3) is 0 Å². The molecule has 6 nitrogen and oxygen atoms in total. The lowest BCUT2D eigenvalue weighted by atomic mass is 10.2. The second-order valence-corrected chi connectivity index (χ2v) is 8.74. The maximum absolute atomic E-state index is 12.3. The number of benzene rings is 2. The molecule has 3 aromatic rings. The van der Waals surface area contributed by atoms with Gasteiger partial charge in [0.1, 0.15) is 17.2 Å². The van der Waals surface area contributed by atoms with Crippen LogP contribution in [0.4, 0.5) is 17.2 Å². The van der Waals surface area contributed by atoms with E-state index in [9.17, 15) is 4.79 Å². The molecule has 0 saturated carbocycles. The molecule has 1 amide bonds. The number of hydrogen-bond donors (Lipinski definition) is 1. The van der Waals surface area contributed by atoms with Crippen molar-refractivity contribution in [1.29, 1.82) is 0 Å². The second-order valence-electron chi connectivity index (χ2n) is 6.96. The number of carbonyl (C=O) groups is 1. The summed E-state index contributed by atoms with van der Waals surface area (Å²) < 4.78 is 0. The zero-order chi connectivity index (χ0) is 21.6. The number of anilines is 3. The van der Waals surface area contributed by atoms with Crippen LogP contribution in [-0.4, -0.2) is 47.8 Å². The monoisotopic (exact) mass is 473 g/mol. The molecule has 31 heavy (non-hydrogen) atoms. The Hall–Kier alpha value is -2.48. The Labute approximate surface area is 195 Å². The summed E-state index contributed by atoms with van der Waals surface area (Å²) in [6, 6.07) is 17.5. The van der Waals surface area contributed by atoms with E-state index < -0.39 is 0 Å². The summed E-state index contributed by atoms with van der Waals surface area (Å²) in [4.78, 5) is 25.7. The van der Waals surface area contributed by atoms with E-state index in [1.807, 2.05) is 12.1 Å². The highest BCUT2D eigenvalue weighted by Gasteiger charge is 2.19. The smallest absolute Gasteiger partial charge is 0.234 e. The lowest BCUT2D eigenvalue weighted by Crippen LogP contribution is -2.46. The summed E-state index contributed by atoms with van der Waals surface area (Å²) in [7, 11) is 0. The van der Waals surface area contributed by atoms with E-state index >= 15 is 0 Å². The van der Waals surface area contributed by atoms with Crippen molar-refractivity contribution >= 4 is 58.1 Å². The first-order valence-corrected chi connectivity index (χ1v) is 11.6. The van der Waals surface area contributed by atoms with Crippen molar-refractivity contribution in [2.75, 3.05) is 47.0 Å². The molecule has 1 aliphatic rings. The van der Waals surface area contributed by atoms with Gasteiger partial charge >= 0.3 is 0 Å². The Morgan fingerprint density at radius 2 is 1.71 bits per heavy atom. The number of thioether (sulfide) groups is 1. The minimum absolute atomic E-state index is 0.175. The van der Waals surface area contributed by atoms with Gasteiger partial charge in [-0.1, -0.05) is 59.2 Å². The number of piperazine rings is 1. The molecule has 1 aromatic heterocycles. The first-order chi connectivity index (χ1) is 15.1.